The molecule has 0 bridgehead atoms. The van der Waals surface area contributed by atoms with Crippen LogP contribution in [0.3, 0.4) is 0 Å². The molecule has 1 aliphatic rings. The van der Waals surface area contributed by atoms with E-state index in [1.54, 1.807) is 0 Å². The SMILES string of the molecule is Cc1nc(NCC2COCCO2)c(N)[nH]1. The van der Waals surface area contributed by atoms with Gasteiger partial charge in [0.1, 0.15) is 11.6 Å². The van der Waals surface area contributed by atoms with Crippen LogP contribution in [-0.4, -0.2) is 42.4 Å². The van der Waals surface area contributed by atoms with Crippen molar-refractivity contribution in [3.05, 3.63) is 5.82 Å². The fraction of sp³-hybridized carbons (Fsp3) is 0.667. The van der Waals surface area contributed by atoms with Gasteiger partial charge in [-0.25, -0.2) is 4.98 Å². The van der Waals surface area contributed by atoms with Crippen LogP contribution in [0.15, 0.2) is 0 Å². The molecule has 0 aliphatic carbocycles. The first kappa shape index (κ1) is 10.3. The van der Waals surface area contributed by atoms with Crippen molar-refractivity contribution in [2.75, 3.05) is 37.4 Å². The van der Waals surface area contributed by atoms with E-state index in [9.17, 15) is 0 Å². The Kier molecular flexibility index (Phi) is 3.08. The van der Waals surface area contributed by atoms with Crippen LogP contribution in [-0.2, 0) is 9.47 Å². The maximum absolute atomic E-state index is 5.70. The molecule has 1 aromatic heterocycles. The summed E-state index contributed by atoms with van der Waals surface area (Å²) in [5.41, 5.74) is 5.70. The van der Waals surface area contributed by atoms with Gasteiger partial charge in [-0.1, -0.05) is 0 Å². The van der Waals surface area contributed by atoms with Crippen LogP contribution < -0.4 is 11.1 Å². The van der Waals surface area contributed by atoms with Crippen LogP contribution in [0.2, 0.25) is 0 Å². The Balaban J connectivity index is 1.84. The number of nitrogens with two attached hydrogens (primary N) is 1. The van der Waals surface area contributed by atoms with Crippen molar-refractivity contribution in [3.8, 4) is 0 Å². The highest BCUT2D eigenvalue weighted by atomic mass is 16.6. The summed E-state index contributed by atoms with van der Waals surface area (Å²) in [6.45, 7) is 4.48. The molecule has 0 spiro atoms. The lowest BCUT2D eigenvalue weighted by molar-refractivity contribution is -0.0819. The molecule has 2 rings (SSSR count). The van der Waals surface area contributed by atoms with E-state index in [0.717, 1.165) is 5.82 Å². The Hall–Kier alpha value is -1.27. The van der Waals surface area contributed by atoms with Gasteiger partial charge in [0.15, 0.2) is 5.82 Å². The number of nitrogen functional groups attached to an aromatic ring is 1. The first-order chi connectivity index (χ1) is 7.25. The molecule has 2 heterocycles. The third-order valence-corrected chi connectivity index (χ3v) is 2.23. The number of hydrogen-bond acceptors (Lipinski definition) is 5. The van der Waals surface area contributed by atoms with Crippen molar-refractivity contribution in [2.45, 2.75) is 13.0 Å². The standard InChI is InChI=1S/C9H16N4O2/c1-6-12-8(10)9(13-6)11-4-7-5-14-2-3-15-7/h7,11H,2-5,10H2,1H3,(H,12,13). The number of imidazole rings is 1. The highest BCUT2D eigenvalue weighted by Gasteiger charge is 2.15. The van der Waals surface area contributed by atoms with E-state index in [4.69, 9.17) is 15.2 Å². The summed E-state index contributed by atoms with van der Waals surface area (Å²) in [6.07, 6.45) is 0.0788. The largest absolute Gasteiger partial charge is 0.382 e. The van der Waals surface area contributed by atoms with E-state index in [-0.39, 0.29) is 6.10 Å². The molecule has 6 heteroatoms. The minimum absolute atomic E-state index is 0.0788. The van der Waals surface area contributed by atoms with Gasteiger partial charge >= 0.3 is 0 Å². The Morgan fingerprint density at radius 3 is 3.07 bits per heavy atom. The van der Waals surface area contributed by atoms with Crippen molar-refractivity contribution in [1.29, 1.82) is 0 Å². The summed E-state index contributed by atoms with van der Waals surface area (Å²) in [5, 5.41) is 3.13. The van der Waals surface area contributed by atoms with E-state index in [2.05, 4.69) is 15.3 Å². The maximum atomic E-state index is 5.70. The second-order valence-electron chi connectivity index (χ2n) is 3.53. The van der Waals surface area contributed by atoms with Crippen LogP contribution in [0.4, 0.5) is 11.6 Å². The van der Waals surface area contributed by atoms with Gasteiger partial charge in [-0.15, -0.1) is 0 Å². The van der Waals surface area contributed by atoms with Crippen LogP contribution >= 0.6 is 0 Å². The number of nitrogens with one attached hydrogen (secondary N) is 2. The van der Waals surface area contributed by atoms with Gasteiger partial charge in [-0.3, -0.25) is 0 Å². The van der Waals surface area contributed by atoms with Gasteiger partial charge < -0.3 is 25.5 Å². The summed E-state index contributed by atoms with van der Waals surface area (Å²) in [5.74, 6) is 2.04. The number of nitrogens with zero attached hydrogens (tertiary/aromatic N) is 1. The summed E-state index contributed by atoms with van der Waals surface area (Å²) < 4.78 is 10.8. The molecule has 1 aliphatic heterocycles. The van der Waals surface area contributed by atoms with Crippen LogP contribution in [0.1, 0.15) is 5.82 Å². The lowest BCUT2D eigenvalue weighted by atomic mass is 10.3. The average molecular weight is 212 g/mol. The fourth-order valence-corrected chi connectivity index (χ4v) is 1.51. The molecule has 84 valence electrons. The van der Waals surface area contributed by atoms with Crippen molar-refractivity contribution in [3.63, 3.8) is 0 Å². The first-order valence-electron chi connectivity index (χ1n) is 5.01. The number of H-pyrrole nitrogens is 1. The first-order valence-corrected chi connectivity index (χ1v) is 5.01. The molecular formula is C9H16N4O2. The van der Waals surface area contributed by atoms with Gasteiger partial charge in [0.2, 0.25) is 0 Å². The minimum atomic E-state index is 0.0788. The molecule has 1 atom stereocenters. The number of aromatic nitrogens is 2. The van der Waals surface area contributed by atoms with Gasteiger partial charge in [-0.05, 0) is 6.92 Å². The molecule has 0 saturated carbocycles. The van der Waals surface area contributed by atoms with E-state index in [1.807, 2.05) is 6.92 Å². The Labute approximate surface area is 88.2 Å². The molecule has 6 nitrogen and oxygen atoms in total. The molecular weight excluding hydrogens is 196 g/mol. The van der Waals surface area contributed by atoms with Crippen molar-refractivity contribution in [1.82, 2.24) is 9.97 Å². The third kappa shape index (κ3) is 2.60. The average Bonchev–Trinajstić information content (AvgIpc) is 2.56. The second kappa shape index (κ2) is 4.50. The summed E-state index contributed by atoms with van der Waals surface area (Å²) >= 11 is 0. The second-order valence-corrected chi connectivity index (χ2v) is 3.53. The Morgan fingerprint density at radius 2 is 2.47 bits per heavy atom. The number of aryl methyl sites for hydroxylation is 1. The van der Waals surface area contributed by atoms with Crippen LogP contribution in [0, 0.1) is 6.92 Å². The zero-order valence-electron chi connectivity index (χ0n) is 8.75. The highest BCUT2D eigenvalue weighted by molar-refractivity contribution is 5.56. The topological polar surface area (TPSA) is 85.2 Å². The van der Waals surface area contributed by atoms with Crippen molar-refractivity contribution >= 4 is 11.6 Å². The Morgan fingerprint density at radius 1 is 1.60 bits per heavy atom. The van der Waals surface area contributed by atoms with Crippen molar-refractivity contribution < 1.29 is 9.47 Å². The normalized spacial score (nSPS) is 21.5. The predicted octanol–water partition coefficient (Wildman–Crippen LogP) is 0.128. The molecule has 1 unspecified atom stereocenters. The summed E-state index contributed by atoms with van der Waals surface area (Å²) in [7, 11) is 0. The number of ether oxygens (including phenoxy) is 2. The summed E-state index contributed by atoms with van der Waals surface area (Å²) in [6, 6.07) is 0. The van der Waals surface area contributed by atoms with E-state index >= 15 is 0 Å². The van der Waals surface area contributed by atoms with Gasteiger partial charge in [-0.2, -0.15) is 0 Å². The zero-order chi connectivity index (χ0) is 10.7. The van der Waals surface area contributed by atoms with Crippen LogP contribution in [0.5, 0.6) is 0 Å². The minimum Gasteiger partial charge on any atom is -0.382 e. The molecule has 15 heavy (non-hydrogen) atoms. The van der Waals surface area contributed by atoms with E-state index in [0.29, 0.717) is 38.0 Å². The van der Waals surface area contributed by atoms with E-state index in [1.165, 1.54) is 0 Å². The number of rotatable bonds is 3. The predicted molar refractivity (Wildman–Crippen MR) is 56.8 cm³/mol. The van der Waals surface area contributed by atoms with Crippen LogP contribution in [0.25, 0.3) is 0 Å². The molecule has 0 aromatic carbocycles. The quantitative estimate of drug-likeness (QED) is 0.663. The maximum Gasteiger partial charge on any atom is 0.168 e. The molecule has 0 radical (unpaired) electrons. The monoisotopic (exact) mass is 212 g/mol. The highest BCUT2D eigenvalue weighted by Crippen LogP contribution is 2.14. The van der Waals surface area contributed by atoms with E-state index < -0.39 is 0 Å². The number of aromatic amines is 1. The van der Waals surface area contributed by atoms with Crippen molar-refractivity contribution in [2.24, 2.45) is 0 Å². The molecule has 0 amide bonds. The van der Waals surface area contributed by atoms with Gasteiger partial charge in [0.25, 0.3) is 0 Å². The lowest BCUT2D eigenvalue weighted by Gasteiger charge is -2.23. The number of hydrogen-bond donors (Lipinski definition) is 3. The fourth-order valence-electron chi connectivity index (χ4n) is 1.51. The third-order valence-electron chi connectivity index (χ3n) is 2.23. The molecule has 4 N–H and O–H groups in total. The number of anilines is 2. The Bertz CT molecular complexity index is 320. The lowest BCUT2D eigenvalue weighted by Crippen LogP contribution is -2.34. The molecule has 1 aromatic rings. The molecule has 1 saturated heterocycles. The molecule has 1 fully saturated rings. The smallest absolute Gasteiger partial charge is 0.168 e. The van der Waals surface area contributed by atoms with Gasteiger partial charge in [0, 0.05) is 6.54 Å². The summed E-state index contributed by atoms with van der Waals surface area (Å²) in [4.78, 5) is 7.13. The zero-order valence-corrected chi connectivity index (χ0v) is 8.75. The van der Waals surface area contributed by atoms with Gasteiger partial charge in [0.05, 0.1) is 25.9 Å².